The Morgan fingerprint density at radius 3 is 2.30 bits per heavy atom. The molecule has 1 aliphatic heterocycles. The second kappa shape index (κ2) is 9.04. The fourth-order valence-corrected chi connectivity index (χ4v) is 4.25. The summed E-state index contributed by atoms with van der Waals surface area (Å²) < 4.78 is 0. The smallest absolute Gasteiger partial charge is 0.273 e. The lowest BCUT2D eigenvalue weighted by atomic mass is 9.95. The number of anilines is 1. The summed E-state index contributed by atoms with van der Waals surface area (Å²) in [6, 6.07) is 17.9. The number of nitrogens with zero attached hydrogens (tertiary/aromatic N) is 1. The number of imide groups is 2. The third-order valence-electron chi connectivity index (χ3n) is 5.45. The van der Waals surface area contributed by atoms with Crippen LogP contribution in [0.1, 0.15) is 33.4 Å². The van der Waals surface area contributed by atoms with Gasteiger partial charge in [-0.2, -0.15) is 0 Å². The van der Waals surface area contributed by atoms with Crippen molar-refractivity contribution in [3.8, 4) is 0 Å². The van der Waals surface area contributed by atoms with Crippen LogP contribution in [-0.4, -0.2) is 17.8 Å². The molecule has 4 amide bonds. The highest BCUT2D eigenvalue weighted by molar-refractivity contribution is 6.39. The van der Waals surface area contributed by atoms with E-state index in [2.05, 4.69) is 23.5 Å². The Morgan fingerprint density at radius 1 is 0.879 bits per heavy atom. The molecule has 0 bridgehead atoms. The van der Waals surface area contributed by atoms with E-state index in [1.54, 1.807) is 30.3 Å². The predicted molar refractivity (Wildman–Crippen MR) is 130 cm³/mol. The monoisotopic (exact) mass is 458 g/mol. The Hall–Kier alpha value is -3.70. The quantitative estimate of drug-likeness (QED) is 0.413. The van der Waals surface area contributed by atoms with Gasteiger partial charge in [-0.25, -0.2) is 9.69 Å². The SMILES string of the molecule is Cc1cc(C)cc(Cc2ccc(Cl)cc2/C=C2\C(=O)NC(=O)N(c3cccc(C)c3)C2=O)c1. The molecule has 1 N–H and O–H groups in total. The van der Waals surface area contributed by atoms with E-state index in [0.29, 0.717) is 22.7 Å². The molecule has 166 valence electrons. The van der Waals surface area contributed by atoms with Gasteiger partial charge >= 0.3 is 6.03 Å². The molecule has 0 radical (unpaired) electrons. The van der Waals surface area contributed by atoms with Crippen LogP contribution >= 0.6 is 11.6 Å². The van der Waals surface area contributed by atoms with Crippen LogP contribution in [0.25, 0.3) is 6.08 Å². The lowest BCUT2D eigenvalue weighted by Crippen LogP contribution is -2.54. The van der Waals surface area contributed by atoms with Gasteiger partial charge in [0.25, 0.3) is 11.8 Å². The molecule has 0 saturated carbocycles. The summed E-state index contributed by atoms with van der Waals surface area (Å²) in [7, 11) is 0. The molecule has 0 aromatic heterocycles. The molecule has 5 nitrogen and oxygen atoms in total. The van der Waals surface area contributed by atoms with Crippen molar-refractivity contribution in [1.82, 2.24) is 5.32 Å². The molecule has 0 unspecified atom stereocenters. The number of carbonyl (C=O) groups excluding carboxylic acids is 3. The van der Waals surface area contributed by atoms with Gasteiger partial charge in [-0.1, -0.05) is 59.1 Å². The first-order chi connectivity index (χ1) is 15.7. The summed E-state index contributed by atoms with van der Waals surface area (Å²) in [5.41, 5.74) is 6.17. The van der Waals surface area contributed by atoms with E-state index < -0.39 is 17.8 Å². The van der Waals surface area contributed by atoms with Gasteiger partial charge in [-0.3, -0.25) is 14.9 Å². The Labute approximate surface area is 197 Å². The number of barbiturate groups is 1. The second-order valence-corrected chi connectivity index (χ2v) is 8.75. The lowest BCUT2D eigenvalue weighted by Gasteiger charge is -2.26. The Bertz CT molecular complexity index is 1310. The molecule has 33 heavy (non-hydrogen) atoms. The van der Waals surface area contributed by atoms with Crippen LogP contribution in [0.4, 0.5) is 10.5 Å². The summed E-state index contributed by atoms with van der Waals surface area (Å²) in [6.07, 6.45) is 2.12. The predicted octanol–water partition coefficient (Wildman–Crippen LogP) is 5.52. The van der Waals surface area contributed by atoms with Crippen LogP contribution in [-0.2, 0) is 16.0 Å². The summed E-state index contributed by atoms with van der Waals surface area (Å²) in [5, 5.41) is 2.76. The maximum atomic E-state index is 13.2. The maximum Gasteiger partial charge on any atom is 0.335 e. The van der Waals surface area contributed by atoms with E-state index in [0.717, 1.165) is 32.7 Å². The van der Waals surface area contributed by atoms with Gasteiger partial charge in [-0.15, -0.1) is 0 Å². The molecule has 1 heterocycles. The van der Waals surface area contributed by atoms with Crippen molar-refractivity contribution < 1.29 is 14.4 Å². The zero-order valence-electron chi connectivity index (χ0n) is 18.6. The van der Waals surface area contributed by atoms with Crippen molar-refractivity contribution >= 4 is 41.2 Å². The Balaban J connectivity index is 1.75. The van der Waals surface area contributed by atoms with Crippen LogP contribution in [0.15, 0.2) is 66.2 Å². The first-order valence-electron chi connectivity index (χ1n) is 10.5. The van der Waals surface area contributed by atoms with Crippen molar-refractivity contribution in [3.63, 3.8) is 0 Å². The zero-order valence-corrected chi connectivity index (χ0v) is 19.4. The van der Waals surface area contributed by atoms with Gasteiger partial charge in [0.2, 0.25) is 0 Å². The number of nitrogens with one attached hydrogen (secondary N) is 1. The minimum absolute atomic E-state index is 0.125. The molecular weight excluding hydrogens is 436 g/mol. The molecule has 1 aliphatic rings. The molecule has 3 aromatic carbocycles. The van der Waals surface area contributed by atoms with Crippen LogP contribution < -0.4 is 10.2 Å². The van der Waals surface area contributed by atoms with Crippen LogP contribution in [0.3, 0.4) is 0 Å². The van der Waals surface area contributed by atoms with Crippen LogP contribution in [0, 0.1) is 20.8 Å². The highest BCUT2D eigenvalue weighted by atomic mass is 35.5. The van der Waals surface area contributed by atoms with E-state index in [4.69, 9.17) is 11.6 Å². The number of urea groups is 1. The minimum atomic E-state index is -0.769. The van der Waals surface area contributed by atoms with Crippen LogP contribution in [0.2, 0.25) is 5.02 Å². The molecule has 1 saturated heterocycles. The summed E-state index contributed by atoms with van der Waals surface area (Å²) in [5.74, 6) is -1.40. The van der Waals surface area contributed by atoms with Crippen molar-refractivity contribution in [3.05, 3.63) is 105 Å². The van der Waals surface area contributed by atoms with Gasteiger partial charge in [0.1, 0.15) is 5.57 Å². The molecular formula is C27H23ClN2O3. The standard InChI is InChI=1S/C27H23ClN2O3/c1-16-5-4-6-23(12-16)30-26(32)24(25(31)29-27(30)33)15-21-14-22(28)8-7-20(21)13-19-10-17(2)9-18(3)11-19/h4-12,14-15H,13H2,1-3H3,(H,29,31,33)/b24-15+. The number of amides is 4. The Morgan fingerprint density at radius 2 is 1.61 bits per heavy atom. The first kappa shape index (κ1) is 22.5. The topological polar surface area (TPSA) is 66.5 Å². The fraction of sp³-hybridized carbons (Fsp3) is 0.148. The molecule has 1 fully saturated rings. The summed E-state index contributed by atoms with van der Waals surface area (Å²) in [4.78, 5) is 39.3. The summed E-state index contributed by atoms with van der Waals surface area (Å²) >= 11 is 6.25. The van der Waals surface area contributed by atoms with Gasteiger partial charge in [0.15, 0.2) is 0 Å². The number of hydrogen-bond acceptors (Lipinski definition) is 3. The normalized spacial score (nSPS) is 15.2. The number of carbonyl (C=O) groups is 3. The van der Waals surface area contributed by atoms with Gasteiger partial charge in [0, 0.05) is 5.02 Å². The molecule has 0 atom stereocenters. The number of halogens is 1. The van der Waals surface area contributed by atoms with Crippen molar-refractivity contribution in [2.24, 2.45) is 0 Å². The van der Waals surface area contributed by atoms with E-state index in [1.165, 1.54) is 6.08 Å². The molecule has 0 spiro atoms. The number of hydrogen-bond donors (Lipinski definition) is 1. The maximum absolute atomic E-state index is 13.2. The van der Waals surface area contributed by atoms with Crippen molar-refractivity contribution in [2.45, 2.75) is 27.2 Å². The molecule has 0 aliphatic carbocycles. The minimum Gasteiger partial charge on any atom is -0.273 e. The van der Waals surface area contributed by atoms with E-state index in [-0.39, 0.29) is 5.57 Å². The summed E-state index contributed by atoms with van der Waals surface area (Å²) in [6.45, 7) is 5.95. The first-order valence-corrected chi connectivity index (χ1v) is 10.9. The zero-order chi connectivity index (χ0) is 23.7. The number of rotatable bonds is 4. The van der Waals surface area contributed by atoms with E-state index >= 15 is 0 Å². The highest BCUT2D eigenvalue weighted by Crippen LogP contribution is 2.26. The lowest BCUT2D eigenvalue weighted by molar-refractivity contribution is -0.122. The average molecular weight is 459 g/mol. The average Bonchev–Trinajstić information content (AvgIpc) is 2.72. The van der Waals surface area contributed by atoms with E-state index in [9.17, 15) is 14.4 Å². The van der Waals surface area contributed by atoms with Gasteiger partial charge in [0.05, 0.1) is 5.69 Å². The molecule has 3 aromatic rings. The second-order valence-electron chi connectivity index (χ2n) is 8.31. The fourth-order valence-electron chi connectivity index (χ4n) is 4.07. The number of benzene rings is 3. The number of aryl methyl sites for hydroxylation is 3. The van der Waals surface area contributed by atoms with Gasteiger partial charge in [-0.05, 0) is 79.8 Å². The highest BCUT2D eigenvalue weighted by Gasteiger charge is 2.37. The largest absolute Gasteiger partial charge is 0.335 e. The molecule has 6 heteroatoms. The van der Waals surface area contributed by atoms with Crippen molar-refractivity contribution in [2.75, 3.05) is 4.90 Å². The van der Waals surface area contributed by atoms with Gasteiger partial charge < -0.3 is 0 Å². The van der Waals surface area contributed by atoms with E-state index in [1.807, 2.05) is 32.9 Å². The van der Waals surface area contributed by atoms with Crippen LogP contribution in [0.5, 0.6) is 0 Å². The third kappa shape index (κ3) is 4.89. The third-order valence-corrected chi connectivity index (χ3v) is 5.68. The van der Waals surface area contributed by atoms with Crippen molar-refractivity contribution in [1.29, 1.82) is 0 Å². The Kier molecular flexibility index (Phi) is 6.16. The molecule has 4 rings (SSSR count).